The molecular formula is C4HCl2F5. The van der Waals surface area contributed by atoms with Gasteiger partial charge in [0.25, 0.3) is 0 Å². The normalized spacial score (nSPS) is 14.5. The van der Waals surface area contributed by atoms with Gasteiger partial charge in [-0.05, 0) is 0 Å². The average Bonchev–Trinajstić information content (AvgIpc) is 1.82. The molecule has 0 saturated heterocycles. The van der Waals surface area contributed by atoms with Gasteiger partial charge in [0.1, 0.15) is 4.49 Å². The van der Waals surface area contributed by atoms with Gasteiger partial charge in [-0.3, -0.25) is 0 Å². The summed E-state index contributed by atoms with van der Waals surface area (Å²) in [6.07, 6.45) is -9.05. The van der Waals surface area contributed by atoms with Gasteiger partial charge in [-0.15, -0.1) is 0 Å². The van der Waals surface area contributed by atoms with Crippen molar-refractivity contribution in [2.75, 3.05) is 0 Å². The second kappa shape index (κ2) is 3.58. The molecule has 0 aromatic heterocycles. The van der Waals surface area contributed by atoms with Crippen molar-refractivity contribution in [2.24, 2.45) is 0 Å². The molecule has 66 valence electrons. The Hall–Kier alpha value is -0.0300. The zero-order chi connectivity index (χ0) is 9.23. The highest BCUT2D eigenvalue weighted by atomic mass is 35.5. The molecule has 0 radical (unpaired) electrons. The van der Waals surface area contributed by atoms with Crippen LogP contribution in [0.3, 0.4) is 0 Å². The molecule has 7 heteroatoms. The van der Waals surface area contributed by atoms with Crippen LogP contribution < -0.4 is 0 Å². The first-order chi connectivity index (χ1) is 4.76. The SMILES string of the molecule is FC(=C(Cl)Cl)C(F)C(F)(F)F. The van der Waals surface area contributed by atoms with Crippen molar-refractivity contribution in [3.8, 4) is 0 Å². The molecule has 0 nitrogen and oxygen atoms in total. The van der Waals surface area contributed by atoms with Crippen LogP contribution in [-0.2, 0) is 0 Å². The van der Waals surface area contributed by atoms with Gasteiger partial charge in [0, 0.05) is 0 Å². The third-order valence-electron chi connectivity index (χ3n) is 0.690. The largest absolute Gasteiger partial charge is 0.426 e. The van der Waals surface area contributed by atoms with Crippen LogP contribution in [0.1, 0.15) is 0 Å². The molecule has 0 fully saturated rings. The zero-order valence-electron chi connectivity index (χ0n) is 4.72. The molecular weight excluding hydrogens is 214 g/mol. The predicted molar refractivity (Wildman–Crippen MR) is 30.8 cm³/mol. The van der Waals surface area contributed by atoms with Gasteiger partial charge in [0.05, 0.1) is 0 Å². The highest BCUT2D eigenvalue weighted by molar-refractivity contribution is 6.56. The first-order valence-electron chi connectivity index (χ1n) is 2.18. The Bertz CT molecular complexity index is 168. The van der Waals surface area contributed by atoms with Crippen molar-refractivity contribution < 1.29 is 22.0 Å². The molecule has 0 saturated carbocycles. The number of rotatable bonds is 1. The van der Waals surface area contributed by atoms with E-state index < -0.39 is 22.7 Å². The van der Waals surface area contributed by atoms with Crippen molar-refractivity contribution in [2.45, 2.75) is 12.3 Å². The van der Waals surface area contributed by atoms with Gasteiger partial charge in [0.2, 0.25) is 6.17 Å². The monoisotopic (exact) mass is 214 g/mol. The standard InChI is InChI=1S/C4HCl2F5/c5-3(6)1(7)2(8)4(9,10)11/h2H. The first kappa shape index (κ1) is 11.0. The zero-order valence-corrected chi connectivity index (χ0v) is 6.23. The summed E-state index contributed by atoms with van der Waals surface area (Å²) in [5, 5.41) is 0. The third kappa shape index (κ3) is 3.25. The Morgan fingerprint density at radius 1 is 1.18 bits per heavy atom. The molecule has 0 aliphatic carbocycles. The Kier molecular flexibility index (Phi) is 3.57. The molecule has 0 aliphatic heterocycles. The van der Waals surface area contributed by atoms with Crippen LogP contribution in [0.15, 0.2) is 10.3 Å². The van der Waals surface area contributed by atoms with E-state index in [9.17, 15) is 22.0 Å². The highest BCUT2D eigenvalue weighted by Gasteiger charge is 2.44. The lowest BCUT2D eigenvalue weighted by Crippen LogP contribution is -2.25. The maximum Gasteiger partial charge on any atom is 0.426 e. The van der Waals surface area contributed by atoms with Crippen LogP contribution in [-0.4, -0.2) is 12.3 Å². The number of allylic oxidation sites excluding steroid dienone is 1. The fourth-order valence-corrected chi connectivity index (χ4v) is 0.431. The van der Waals surface area contributed by atoms with Crippen LogP contribution in [0.2, 0.25) is 0 Å². The number of alkyl halides is 4. The molecule has 11 heavy (non-hydrogen) atoms. The van der Waals surface area contributed by atoms with E-state index in [-0.39, 0.29) is 0 Å². The molecule has 0 rings (SSSR count). The molecule has 1 unspecified atom stereocenters. The number of halogens is 7. The second-order valence-corrected chi connectivity index (χ2v) is 2.46. The molecule has 0 heterocycles. The lowest BCUT2D eigenvalue weighted by Gasteiger charge is -2.09. The van der Waals surface area contributed by atoms with Crippen LogP contribution in [0.5, 0.6) is 0 Å². The Morgan fingerprint density at radius 2 is 1.55 bits per heavy atom. The summed E-state index contributed by atoms with van der Waals surface area (Å²) in [4.78, 5) is 0. The molecule has 0 bridgehead atoms. The van der Waals surface area contributed by atoms with Crippen LogP contribution in [0.25, 0.3) is 0 Å². The molecule has 0 spiro atoms. The summed E-state index contributed by atoms with van der Waals surface area (Å²) in [7, 11) is 0. The van der Waals surface area contributed by atoms with Crippen LogP contribution >= 0.6 is 23.2 Å². The second-order valence-electron chi connectivity index (χ2n) is 1.51. The maximum absolute atomic E-state index is 11.9. The molecule has 0 amide bonds. The van der Waals surface area contributed by atoms with Gasteiger partial charge >= 0.3 is 6.18 Å². The van der Waals surface area contributed by atoms with Crippen molar-refractivity contribution in [3.63, 3.8) is 0 Å². The van der Waals surface area contributed by atoms with E-state index in [1.165, 1.54) is 0 Å². The van der Waals surface area contributed by atoms with E-state index in [4.69, 9.17) is 0 Å². The van der Waals surface area contributed by atoms with E-state index in [1.54, 1.807) is 0 Å². The minimum atomic E-state index is -5.31. The lowest BCUT2D eigenvalue weighted by molar-refractivity contribution is -0.173. The van der Waals surface area contributed by atoms with Crippen molar-refractivity contribution in [1.82, 2.24) is 0 Å². The fraction of sp³-hybridized carbons (Fsp3) is 0.500. The van der Waals surface area contributed by atoms with Gasteiger partial charge in [-0.2, -0.15) is 13.2 Å². The highest BCUT2D eigenvalue weighted by Crippen LogP contribution is 2.32. The maximum atomic E-state index is 11.9. The molecule has 0 aliphatic rings. The number of hydrogen-bond acceptors (Lipinski definition) is 0. The summed E-state index contributed by atoms with van der Waals surface area (Å²) in [6, 6.07) is 0. The Morgan fingerprint density at radius 3 is 1.64 bits per heavy atom. The third-order valence-corrected chi connectivity index (χ3v) is 1.05. The minimum Gasteiger partial charge on any atom is -0.229 e. The van der Waals surface area contributed by atoms with Gasteiger partial charge in [0.15, 0.2) is 5.83 Å². The van der Waals surface area contributed by atoms with Gasteiger partial charge in [-0.25, -0.2) is 8.78 Å². The Balaban J connectivity index is 4.52. The van der Waals surface area contributed by atoms with Crippen LogP contribution in [0, 0.1) is 0 Å². The van der Waals surface area contributed by atoms with E-state index >= 15 is 0 Å². The minimum absolute atomic E-state index is 1.35. The summed E-state index contributed by atoms with van der Waals surface area (Å²) in [5.41, 5.74) is 0. The van der Waals surface area contributed by atoms with E-state index in [2.05, 4.69) is 23.2 Å². The van der Waals surface area contributed by atoms with Gasteiger partial charge in [-0.1, -0.05) is 23.2 Å². The van der Waals surface area contributed by atoms with E-state index in [1.807, 2.05) is 0 Å². The van der Waals surface area contributed by atoms with Crippen molar-refractivity contribution >= 4 is 23.2 Å². The lowest BCUT2D eigenvalue weighted by atomic mass is 10.3. The first-order valence-corrected chi connectivity index (χ1v) is 2.94. The average molecular weight is 215 g/mol. The predicted octanol–water partition coefficient (Wildman–Crippen LogP) is 3.50. The smallest absolute Gasteiger partial charge is 0.229 e. The van der Waals surface area contributed by atoms with Crippen LogP contribution in [0.4, 0.5) is 22.0 Å². The quantitative estimate of drug-likeness (QED) is 0.587. The summed E-state index contributed by atoms with van der Waals surface area (Å²) in [5.74, 6) is -2.22. The molecule has 1 atom stereocenters. The topological polar surface area (TPSA) is 0 Å². The van der Waals surface area contributed by atoms with Crippen molar-refractivity contribution in [3.05, 3.63) is 10.3 Å². The summed E-state index contributed by atoms with van der Waals surface area (Å²) >= 11 is 9.12. The van der Waals surface area contributed by atoms with Gasteiger partial charge < -0.3 is 0 Å². The molecule has 0 aromatic rings. The van der Waals surface area contributed by atoms with E-state index in [0.717, 1.165) is 0 Å². The summed E-state index contributed by atoms with van der Waals surface area (Å²) < 4.78 is 56.3. The molecule has 0 N–H and O–H groups in total. The fourth-order valence-electron chi connectivity index (χ4n) is 0.239. The molecule has 0 aromatic carbocycles. The number of hydrogen-bond donors (Lipinski definition) is 0. The Labute approximate surface area is 68.6 Å². The van der Waals surface area contributed by atoms with E-state index in [0.29, 0.717) is 0 Å². The summed E-state index contributed by atoms with van der Waals surface area (Å²) in [6.45, 7) is 0. The van der Waals surface area contributed by atoms with Crippen molar-refractivity contribution in [1.29, 1.82) is 0 Å².